The van der Waals surface area contributed by atoms with E-state index in [1.54, 1.807) is 0 Å². The molecule has 2 heteroatoms. The van der Waals surface area contributed by atoms with Gasteiger partial charge >= 0.3 is 0 Å². The van der Waals surface area contributed by atoms with Crippen molar-refractivity contribution in [2.75, 3.05) is 0 Å². The molecule has 0 N–H and O–H groups in total. The third-order valence-corrected chi connectivity index (χ3v) is 10.2. The minimum atomic E-state index is 1.10. The summed E-state index contributed by atoms with van der Waals surface area (Å²) >= 11 is 0. The summed E-state index contributed by atoms with van der Waals surface area (Å²) in [6.45, 7) is 5.78. The predicted octanol–water partition coefficient (Wildman–Crippen LogP) is 14.6. The molecule has 46 heavy (non-hydrogen) atoms. The van der Waals surface area contributed by atoms with E-state index < -0.39 is 0 Å². The van der Waals surface area contributed by atoms with E-state index in [0.29, 0.717) is 0 Å². The van der Waals surface area contributed by atoms with Crippen LogP contribution in [0.5, 0.6) is 0 Å². The fourth-order valence-corrected chi connectivity index (χ4v) is 7.10. The van der Waals surface area contributed by atoms with Gasteiger partial charge < -0.3 is 4.57 Å². The average molecular weight is 635 g/mol. The van der Waals surface area contributed by atoms with Crippen molar-refractivity contribution >= 4 is 0 Å². The smallest absolute Gasteiger partial charge is 0.108 e. The summed E-state index contributed by atoms with van der Waals surface area (Å²) in [5.74, 6) is 1.36. The van der Waals surface area contributed by atoms with Crippen molar-refractivity contribution < 1.29 is 0 Å². The van der Waals surface area contributed by atoms with Crippen molar-refractivity contribution in [2.24, 2.45) is 0 Å². The molecular formula is C44H78N2. The van der Waals surface area contributed by atoms with Crippen LogP contribution in [0.2, 0.25) is 0 Å². The second-order valence-electron chi connectivity index (χ2n) is 14.6. The van der Waals surface area contributed by atoms with Crippen molar-refractivity contribution in [3.05, 3.63) is 53.6 Å². The van der Waals surface area contributed by atoms with Crippen molar-refractivity contribution in [3.63, 3.8) is 0 Å². The van der Waals surface area contributed by atoms with E-state index in [9.17, 15) is 0 Å². The standard InChI is InChI=1S/C44H78N2/c1-3-5-7-9-11-13-15-17-19-21-23-25-27-32-39-44-45-43(38-34-37-42-35-30-29-31-36-42)41-46(44)40-33-28-26-24-22-20-18-16-14-12-10-8-6-4-2/h29-31,35-36,41H,3-28,32-34,37-40H2,1-2H3. The van der Waals surface area contributed by atoms with Gasteiger partial charge in [-0.3, -0.25) is 0 Å². The second kappa shape index (κ2) is 30.7. The molecule has 0 spiro atoms. The van der Waals surface area contributed by atoms with E-state index in [1.165, 1.54) is 203 Å². The summed E-state index contributed by atoms with van der Waals surface area (Å²) < 4.78 is 2.54. The Morgan fingerprint density at radius 1 is 0.413 bits per heavy atom. The summed E-state index contributed by atoms with van der Waals surface area (Å²) in [7, 11) is 0. The molecule has 0 bridgehead atoms. The van der Waals surface area contributed by atoms with E-state index in [-0.39, 0.29) is 0 Å². The molecule has 0 amide bonds. The maximum absolute atomic E-state index is 5.19. The van der Waals surface area contributed by atoms with Gasteiger partial charge in [-0.25, -0.2) is 4.98 Å². The van der Waals surface area contributed by atoms with Crippen LogP contribution in [0.1, 0.15) is 217 Å². The highest BCUT2D eigenvalue weighted by Crippen LogP contribution is 2.17. The minimum Gasteiger partial charge on any atom is -0.335 e. The number of unbranched alkanes of at least 4 members (excludes halogenated alkanes) is 26. The summed E-state index contributed by atoms with van der Waals surface area (Å²) in [4.78, 5) is 5.19. The number of benzene rings is 1. The van der Waals surface area contributed by atoms with Crippen LogP contribution in [0.3, 0.4) is 0 Å². The first-order chi connectivity index (χ1) is 22.8. The molecule has 0 radical (unpaired) electrons. The predicted molar refractivity (Wildman–Crippen MR) is 205 cm³/mol. The Hall–Kier alpha value is -1.57. The first-order valence-electron chi connectivity index (χ1n) is 20.9. The van der Waals surface area contributed by atoms with E-state index in [1.807, 2.05) is 0 Å². The van der Waals surface area contributed by atoms with E-state index in [4.69, 9.17) is 4.98 Å². The molecule has 0 aliphatic heterocycles. The Morgan fingerprint density at radius 3 is 1.28 bits per heavy atom. The van der Waals surface area contributed by atoms with Gasteiger partial charge in [-0.1, -0.05) is 211 Å². The fourth-order valence-electron chi connectivity index (χ4n) is 7.10. The molecule has 2 rings (SSSR count). The van der Waals surface area contributed by atoms with Crippen molar-refractivity contribution in [2.45, 2.75) is 226 Å². The van der Waals surface area contributed by atoms with E-state index in [0.717, 1.165) is 25.8 Å². The molecule has 1 aromatic carbocycles. The summed E-state index contributed by atoms with van der Waals surface area (Å²) in [6, 6.07) is 11.0. The maximum Gasteiger partial charge on any atom is 0.108 e. The average Bonchev–Trinajstić information content (AvgIpc) is 3.46. The molecule has 2 aromatic rings. The maximum atomic E-state index is 5.19. The van der Waals surface area contributed by atoms with Gasteiger partial charge in [-0.2, -0.15) is 0 Å². The van der Waals surface area contributed by atoms with Crippen LogP contribution in [-0.2, 0) is 25.8 Å². The Morgan fingerprint density at radius 2 is 0.826 bits per heavy atom. The zero-order valence-electron chi connectivity index (χ0n) is 31.2. The Balaban J connectivity index is 1.58. The normalized spacial score (nSPS) is 11.5. The number of rotatable bonds is 34. The Kier molecular flexibility index (Phi) is 27.1. The number of hydrogen-bond donors (Lipinski definition) is 0. The van der Waals surface area contributed by atoms with Gasteiger partial charge in [0, 0.05) is 19.2 Å². The summed E-state index contributed by atoms with van der Waals surface area (Å²) in [5, 5.41) is 0. The summed E-state index contributed by atoms with van der Waals surface area (Å²) in [5.41, 5.74) is 2.77. The number of aryl methyl sites for hydroxylation is 4. The van der Waals surface area contributed by atoms with Gasteiger partial charge in [0.1, 0.15) is 5.82 Å². The van der Waals surface area contributed by atoms with Gasteiger partial charge in [0.25, 0.3) is 0 Å². The quantitative estimate of drug-likeness (QED) is 0.0700. The molecule has 0 saturated carbocycles. The largest absolute Gasteiger partial charge is 0.335 e. The van der Waals surface area contributed by atoms with Gasteiger partial charge in [0.05, 0.1) is 5.69 Å². The van der Waals surface area contributed by atoms with Gasteiger partial charge in [-0.05, 0) is 37.7 Å². The van der Waals surface area contributed by atoms with Crippen molar-refractivity contribution in [3.8, 4) is 0 Å². The zero-order chi connectivity index (χ0) is 32.6. The van der Waals surface area contributed by atoms with Crippen LogP contribution in [-0.4, -0.2) is 9.55 Å². The highest BCUT2D eigenvalue weighted by molar-refractivity contribution is 5.15. The van der Waals surface area contributed by atoms with Gasteiger partial charge in [0.2, 0.25) is 0 Å². The second-order valence-corrected chi connectivity index (χ2v) is 14.6. The van der Waals surface area contributed by atoms with Crippen LogP contribution in [0.15, 0.2) is 36.5 Å². The lowest BCUT2D eigenvalue weighted by molar-refractivity contribution is 0.515. The topological polar surface area (TPSA) is 17.8 Å². The van der Waals surface area contributed by atoms with Crippen molar-refractivity contribution in [1.29, 1.82) is 0 Å². The summed E-state index contributed by atoms with van der Waals surface area (Å²) in [6.07, 6.45) is 46.9. The first kappa shape index (κ1) is 40.6. The third-order valence-electron chi connectivity index (χ3n) is 10.2. The lowest BCUT2D eigenvalue weighted by Crippen LogP contribution is -2.03. The minimum absolute atomic E-state index is 1.10. The Bertz CT molecular complexity index is 835. The molecule has 2 nitrogen and oxygen atoms in total. The molecule has 0 atom stereocenters. The number of nitrogens with zero attached hydrogens (tertiary/aromatic N) is 2. The monoisotopic (exact) mass is 635 g/mol. The van der Waals surface area contributed by atoms with Crippen LogP contribution < -0.4 is 0 Å². The van der Waals surface area contributed by atoms with Gasteiger partial charge in [-0.15, -0.1) is 0 Å². The van der Waals surface area contributed by atoms with E-state index >= 15 is 0 Å². The first-order valence-corrected chi connectivity index (χ1v) is 20.9. The van der Waals surface area contributed by atoms with Gasteiger partial charge in [0.15, 0.2) is 0 Å². The molecule has 1 aromatic heterocycles. The highest BCUT2D eigenvalue weighted by atomic mass is 15.1. The molecule has 0 aliphatic rings. The lowest BCUT2D eigenvalue weighted by atomic mass is 10.0. The molecule has 0 fully saturated rings. The molecule has 1 heterocycles. The SMILES string of the molecule is CCCCCCCCCCCCCCCCc1nc(CCCc2ccccc2)cn1CCCCCCCCCCCCCCCC. The van der Waals surface area contributed by atoms with Crippen LogP contribution >= 0.6 is 0 Å². The Labute approximate surface area is 288 Å². The number of imidazole rings is 1. The highest BCUT2D eigenvalue weighted by Gasteiger charge is 2.09. The third kappa shape index (κ3) is 22.9. The fraction of sp³-hybridized carbons (Fsp3) is 0.795. The van der Waals surface area contributed by atoms with Crippen LogP contribution in [0.4, 0.5) is 0 Å². The molecule has 0 unspecified atom stereocenters. The molecule has 0 saturated heterocycles. The van der Waals surface area contributed by atoms with Crippen LogP contribution in [0.25, 0.3) is 0 Å². The van der Waals surface area contributed by atoms with E-state index in [2.05, 4.69) is 54.9 Å². The molecule has 264 valence electrons. The van der Waals surface area contributed by atoms with Crippen LogP contribution in [0, 0.1) is 0 Å². The number of hydrogen-bond acceptors (Lipinski definition) is 1. The number of aromatic nitrogens is 2. The van der Waals surface area contributed by atoms with Crippen molar-refractivity contribution in [1.82, 2.24) is 9.55 Å². The zero-order valence-corrected chi connectivity index (χ0v) is 31.2. The molecule has 0 aliphatic carbocycles. The lowest BCUT2D eigenvalue weighted by Gasteiger charge is -2.08. The molecular weight excluding hydrogens is 556 g/mol.